The number of aryl methyl sites for hydroxylation is 1. The van der Waals surface area contributed by atoms with E-state index in [0.29, 0.717) is 23.4 Å². The fourth-order valence-electron chi connectivity index (χ4n) is 2.70. The van der Waals surface area contributed by atoms with Crippen molar-refractivity contribution < 1.29 is 14.6 Å². The third kappa shape index (κ3) is 3.64. The highest BCUT2D eigenvalue weighted by Gasteiger charge is 2.19. The Kier molecular flexibility index (Phi) is 5.45. The van der Waals surface area contributed by atoms with Crippen LogP contribution in [0.5, 0.6) is 11.5 Å². The van der Waals surface area contributed by atoms with E-state index in [0.717, 1.165) is 11.4 Å². The third-order valence-electron chi connectivity index (χ3n) is 4.01. The quantitative estimate of drug-likeness (QED) is 0.377. The highest BCUT2D eigenvalue weighted by atomic mass is 16.5. The lowest BCUT2D eigenvalue weighted by Gasteiger charge is -2.06. The number of ether oxygens (including phenoxy) is 1. The lowest BCUT2D eigenvalue weighted by atomic mass is 10.0. The number of carbonyl (C=O) groups excluding carboxylic acids is 1. The molecule has 0 aliphatic rings. The van der Waals surface area contributed by atoms with Crippen molar-refractivity contribution in [1.29, 1.82) is 5.26 Å². The molecular formula is C20H20N2O3. The van der Waals surface area contributed by atoms with Crippen molar-refractivity contribution in [2.24, 2.45) is 0 Å². The second kappa shape index (κ2) is 7.54. The molecule has 5 heteroatoms. The fraction of sp³-hybridized carbons (Fsp3) is 0.200. The average Bonchev–Trinajstić information content (AvgIpc) is 2.88. The standard InChI is InChI=1S/C20H20N2O3/c1-5-8-22-13(2)9-17(14(22)3)20(24)16(12-21)10-15-6-7-19(25-4)18(23)11-15/h5-7,9-11,23H,1,8H2,2-4H3/b16-10+. The number of aromatic hydroxyl groups is 1. The molecular weight excluding hydrogens is 316 g/mol. The molecule has 1 heterocycles. The fourth-order valence-corrected chi connectivity index (χ4v) is 2.70. The number of hydrogen-bond donors (Lipinski definition) is 1. The summed E-state index contributed by atoms with van der Waals surface area (Å²) in [5.74, 6) is -0.0682. The second-order valence-electron chi connectivity index (χ2n) is 5.61. The molecule has 128 valence electrons. The third-order valence-corrected chi connectivity index (χ3v) is 4.01. The molecule has 0 amide bonds. The number of nitrogens with zero attached hydrogens (tertiary/aromatic N) is 2. The van der Waals surface area contributed by atoms with E-state index < -0.39 is 0 Å². The summed E-state index contributed by atoms with van der Waals surface area (Å²) < 4.78 is 6.96. The molecule has 1 aromatic heterocycles. The van der Waals surface area contributed by atoms with E-state index in [1.807, 2.05) is 24.5 Å². The number of benzene rings is 1. The molecule has 0 fully saturated rings. The first-order chi connectivity index (χ1) is 11.9. The van der Waals surface area contributed by atoms with Gasteiger partial charge in [0.2, 0.25) is 5.78 Å². The van der Waals surface area contributed by atoms with Gasteiger partial charge in [-0.1, -0.05) is 12.1 Å². The van der Waals surface area contributed by atoms with Gasteiger partial charge in [0.15, 0.2) is 11.5 Å². The van der Waals surface area contributed by atoms with E-state index in [4.69, 9.17) is 4.74 Å². The Hall–Kier alpha value is -3.26. The second-order valence-corrected chi connectivity index (χ2v) is 5.61. The monoisotopic (exact) mass is 336 g/mol. The summed E-state index contributed by atoms with van der Waals surface area (Å²) in [4.78, 5) is 12.8. The van der Waals surface area contributed by atoms with E-state index in [2.05, 4.69) is 6.58 Å². The molecule has 0 spiro atoms. The van der Waals surface area contributed by atoms with E-state index in [1.54, 1.807) is 24.3 Å². The number of Topliss-reactive ketones (excluding diaryl/α,β-unsaturated/α-hetero) is 1. The van der Waals surface area contributed by atoms with Crippen LogP contribution < -0.4 is 4.74 Å². The molecule has 0 bridgehead atoms. The number of hydrogen-bond acceptors (Lipinski definition) is 4. The largest absolute Gasteiger partial charge is 0.504 e. The number of carbonyl (C=O) groups is 1. The van der Waals surface area contributed by atoms with Crippen LogP contribution in [-0.2, 0) is 6.54 Å². The number of phenols is 1. The Bertz CT molecular complexity index is 898. The molecule has 1 aromatic carbocycles. The van der Waals surface area contributed by atoms with E-state index in [-0.39, 0.29) is 17.1 Å². The first-order valence-electron chi connectivity index (χ1n) is 7.74. The average molecular weight is 336 g/mol. The van der Waals surface area contributed by atoms with Crippen LogP contribution in [0.15, 0.2) is 42.5 Å². The van der Waals surface area contributed by atoms with Gasteiger partial charge in [-0.25, -0.2) is 0 Å². The van der Waals surface area contributed by atoms with Gasteiger partial charge >= 0.3 is 0 Å². The normalized spacial score (nSPS) is 11.0. The number of phenolic OH excluding ortho intramolecular Hbond substituents is 1. The van der Waals surface area contributed by atoms with Crippen LogP contribution in [0, 0.1) is 25.2 Å². The van der Waals surface area contributed by atoms with E-state index in [1.165, 1.54) is 19.3 Å². The van der Waals surface area contributed by atoms with Crippen molar-refractivity contribution in [1.82, 2.24) is 4.57 Å². The van der Waals surface area contributed by atoms with Crippen LogP contribution in [0.1, 0.15) is 27.3 Å². The van der Waals surface area contributed by atoms with Gasteiger partial charge in [-0.2, -0.15) is 5.26 Å². The Balaban J connectivity index is 2.43. The summed E-state index contributed by atoms with van der Waals surface area (Å²) in [6.45, 7) is 8.07. The van der Waals surface area contributed by atoms with Gasteiger partial charge in [-0.3, -0.25) is 4.79 Å². The van der Waals surface area contributed by atoms with Crippen LogP contribution >= 0.6 is 0 Å². The number of rotatable bonds is 6. The Labute approximate surface area is 147 Å². The predicted molar refractivity (Wildman–Crippen MR) is 96.7 cm³/mol. The Morgan fingerprint density at radius 1 is 1.40 bits per heavy atom. The first kappa shape index (κ1) is 18.1. The molecule has 25 heavy (non-hydrogen) atoms. The highest BCUT2D eigenvalue weighted by molar-refractivity contribution is 6.14. The minimum Gasteiger partial charge on any atom is -0.504 e. The van der Waals surface area contributed by atoms with Crippen molar-refractivity contribution in [3.05, 3.63) is 65.0 Å². The van der Waals surface area contributed by atoms with Crippen LogP contribution in [0.3, 0.4) is 0 Å². The molecule has 0 unspecified atom stereocenters. The molecule has 0 saturated heterocycles. The lowest BCUT2D eigenvalue weighted by molar-refractivity contribution is 0.103. The number of nitriles is 1. The van der Waals surface area contributed by atoms with Gasteiger partial charge in [0.1, 0.15) is 11.6 Å². The SMILES string of the molecule is C=CCn1c(C)cc(C(=O)/C(C#N)=C/c2ccc(OC)c(O)c2)c1C. The maximum Gasteiger partial charge on any atom is 0.205 e. The van der Waals surface area contributed by atoms with Gasteiger partial charge in [-0.05, 0) is 43.7 Å². The van der Waals surface area contributed by atoms with E-state index >= 15 is 0 Å². The molecule has 1 N–H and O–H groups in total. The topological polar surface area (TPSA) is 75.2 Å². The zero-order valence-corrected chi connectivity index (χ0v) is 14.5. The maximum absolute atomic E-state index is 12.8. The van der Waals surface area contributed by atoms with Crippen molar-refractivity contribution >= 4 is 11.9 Å². The lowest BCUT2D eigenvalue weighted by Crippen LogP contribution is -2.05. The summed E-state index contributed by atoms with van der Waals surface area (Å²) in [6, 6.07) is 8.43. The van der Waals surface area contributed by atoms with Crippen LogP contribution in [0.2, 0.25) is 0 Å². The van der Waals surface area contributed by atoms with Crippen molar-refractivity contribution in [2.75, 3.05) is 7.11 Å². The Morgan fingerprint density at radius 3 is 2.68 bits per heavy atom. The number of methoxy groups -OCH3 is 1. The van der Waals surface area contributed by atoms with Crippen molar-refractivity contribution in [2.45, 2.75) is 20.4 Å². The van der Waals surface area contributed by atoms with Gasteiger partial charge in [0, 0.05) is 23.5 Å². The van der Waals surface area contributed by atoms with Gasteiger partial charge in [0.25, 0.3) is 0 Å². The summed E-state index contributed by atoms with van der Waals surface area (Å²) >= 11 is 0. The molecule has 0 aliphatic carbocycles. The first-order valence-corrected chi connectivity index (χ1v) is 7.74. The minimum absolute atomic E-state index is 0.00317. The zero-order valence-electron chi connectivity index (χ0n) is 14.5. The van der Waals surface area contributed by atoms with Gasteiger partial charge < -0.3 is 14.4 Å². The van der Waals surface area contributed by atoms with Crippen molar-refractivity contribution in [3.63, 3.8) is 0 Å². The summed E-state index contributed by atoms with van der Waals surface area (Å²) in [5.41, 5.74) is 2.76. The zero-order chi connectivity index (χ0) is 18.6. The van der Waals surface area contributed by atoms with Crippen LogP contribution in [0.4, 0.5) is 0 Å². The minimum atomic E-state index is -0.346. The summed E-state index contributed by atoms with van der Waals surface area (Å²) in [5, 5.41) is 19.3. The van der Waals surface area contributed by atoms with Crippen LogP contribution in [0.25, 0.3) is 6.08 Å². The number of aromatic nitrogens is 1. The Morgan fingerprint density at radius 2 is 2.12 bits per heavy atom. The number of ketones is 1. The molecule has 0 atom stereocenters. The molecule has 5 nitrogen and oxygen atoms in total. The van der Waals surface area contributed by atoms with Gasteiger partial charge in [0.05, 0.1) is 7.11 Å². The highest BCUT2D eigenvalue weighted by Crippen LogP contribution is 2.28. The van der Waals surface area contributed by atoms with Crippen molar-refractivity contribution in [3.8, 4) is 17.6 Å². The molecule has 2 aromatic rings. The molecule has 0 radical (unpaired) electrons. The summed E-state index contributed by atoms with van der Waals surface area (Å²) in [7, 11) is 1.45. The number of allylic oxidation sites excluding steroid dienone is 2. The van der Waals surface area contributed by atoms with Crippen LogP contribution in [-0.4, -0.2) is 22.6 Å². The predicted octanol–water partition coefficient (Wildman–Crippen LogP) is 3.80. The van der Waals surface area contributed by atoms with E-state index in [9.17, 15) is 15.2 Å². The smallest absolute Gasteiger partial charge is 0.205 e. The van der Waals surface area contributed by atoms with Gasteiger partial charge in [-0.15, -0.1) is 6.58 Å². The maximum atomic E-state index is 12.8. The molecule has 2 rings (SSSR count). The molecule has 0 saturated carbocycles. The summed E-state index contributed by atoms with van der Waals surface area (Å²) in [6.07, 6.45) is 3.22. The molecule has 0 aliphatic heterocycles.